The molecule has 0 bridgehead atoms. The Morgan fingerprint density at radius 2 is 2.32 bits per heavy atom. The van der Waals surface area contributed by atoms with Gasteiger partial charge in [-0.05, 0) is 30.7 Å². The number of allylic oxidation sites excluding steroid dienone is 3. The number of nitrogens with one attached hydrogen (secondary N) is 1. The van der Waals surface area contributed by atoms with Gasteiger partial charge in [0, 0.05) is 22.1 Å². The molecule has 116 valence electrons. The third-order valence-corrected chi connectivity index (χ3v) is 4.93. The molecule has 4 heteroatoms. The molecular weight excluding hydrogens is 295 g/mol. The van der Waals surface area contributed by atoms with Crippen molar-refractivity contribution in [1.29, 1.82) is 0 Å². The predicted octanol–water partition coefficient (Wildman–Crippen LogP) is 4.55. The Hall–Kier alpha value is -1.81. The lowest BCUT2D eigenvalue weighted by Gasteiger charge is -2.26. The second-order valence-electron chi connectivity index (χ2n) is 5.06. The average molecular weight is 316 g/mol. The van der Waals surface area contributed by atoms with E-state index in [1.807, 2.05) is 25.1 Å². The summed E-state index contributed by atoms with van der Waals surface area (Å²) in [6.45, 7) is 5.77. The van der Waals surface area contributed by atoms with Crippen molar-refractivity contribution in [2.24, 2.45) is 11.0 Å². The minimum absolute atomic E-state index is 0. The van der Waals surface area contributed by atoms with Crippen LogP contribution in [0.15, 0.2) is 64.7 Å². The first-order chi connectivity index (χ1) is 10.2. The summed E-state index contributed by atoms with van der Waals surface area (Å²) in [5, 5.41) is 4.48. The molecule has 2 aliphatic rings. The molecule has 0 amide bonds. The zero-order valence-corrected chi connectivity index (χ0v) is 12.7. The highest BCUT2D eigenvalue weighted by molar-refractivity contribution is 7.99. The van der Waals surface area contributed by atoms with Crippen molar-refractivity contribution in [1.82, 2.24) is 5.43 Å². The summed E-state index contributed by atoms with van der Waals surface area (Å²) < 4.78 is 13.5. The Morgan fingerprint density at radius 1 is 1.50 bits per heavy atom. The summed E-state index contributed by atoms with van der Waals surface area (Å²) >= 11 is 1.77. The van der Waals surface area contributed by atoms with Gasteiger partial charge in [-0.3, -0.25) is 0 Å². The maximum atomic E-state index is 13.5. The molecule has 0 saturated carbocycles. The van der Waals surface area contributed by atoms with E-state index >= 15 is 0 Å². The summed E-state index contributed by atoms with van der Waals surface area (Å²) in [5.74, 6) is 0.990. The van der Waals surface area contributed by atoms with Gasteiger partial charge in [-0.1, -0.05) is 38.3 Å². The van der Waals surface area contributed by atoms with Crippen molar-refractivity contribution in [3.63, 3.8) is 0 Å². The van der Waals surface area contributed by atoms with E-state index in [-0.39, 0.29) is 25.2 Å². The van der Waals surface area contributed by atoms with Crippen LogP contribution in [-0.2, 0) is 0 Å². The molecule has 2 nitrogen and oxygen atoms in total. The van der Waals surface area contributed by atoms with Crippen molar-refractivity contribution < 1.29 is 4.39 Å². The molecule has 0 saturated heterocycles. The zero-order chi connectivity index (χ0) is 14.8. The van der Waals surface area contributed by atoms with Crippen LogP contribution in [0, 0.1) is 11.7 Å². The van der Waals surface area contributed by atoms with E-state index in [0.29, 0.717) is 0 Å². The van der Waals surface area contributed by atoms with Gasteiger partial charge in [0.15, 0.2) is 0 Å². The first-order valence-electron chi connectivity index (χ1n) is 6.95. The number of halogens is 1. The van der Waals surface area contributed by atoms with Crippen molar-refractivity contribution in [2.45, 2.75) is 25.3 Å². The lowest BCUT2D eigenvalue weighted by atomic mass is 9.88. The quantitative estimate of drug-likeness (QED) is 0.827. The number of hydrogen-bond acceptors (Lipinski definition) is 3. The van der Waals surface area contributed by atoms with Gasteiger partial charge in [0.1, 0.15) is 5.82 Å². The van der Waals surface area contributed by atoms with E-state index in [2.05, 4.69) is 23.2 Å². The number of thioether (sulfide) groups is 1. The predicted molar refractivity (Wildman–Crippen MR) is 93.9 cm³/mol. The summed E-state index contributed by atoms with van der Waals surface area (Å²) in [4.78, 5) is 1.11. The standard InChI is InChI=1S/C17H17FN2S.CH4/c1-3-5-11(6-4-2)16-14-10-21-15-8-7-12(18)9-13(15)17(14)20-19-16;/h3-9,14,16,19H,1,10H2,2H3;1H4/b6-4-,11-5+;. The molecule has 0 aliphatic carbocycles. The van der Waals surface area contributed by atoms with Crippen molar-refractivity contribution in [3.8, 4) is 0 Å². The van der Waals surface area contributed by atoms with Gasteiger partial charge in [-0.25, -0.2) is 4.39 Å². The Kier molecular flexibility index (Phi) is 5.24. The molecule has 2 heterocycles. The molecule has 1 aromatic rings. The van der Waals surface area contributed by atoms with Crippen LogP contribution in [0.2, 0.25) is 0 Å². The highest BCUT2D eigenvalue weighted by Gasteiger charge is 2.37. The minimum Gasteiger partial charge on any atom is -0.302 e. The van der Waals surface area contributed by atoms with Gasteiger partial charge in [-0.15, -0.1) is 11.8 Å². The van der Waals surface area contributed by atoms with Crippen molar-refractivity contribution in [2.75, 3.05) is 5.75 Å². The Bertz CT molecular complexity index is 661. The number of nitrogens with zero attached hydrogens (tertiary/aromatic N) is 1. The SMILES string of the molecule is C.C=C/C=C(\C=C/C)C1NN=C2c3cc(F)ccc3SCC21. The zero-order valence-electron chi connectivity index (χ0n) is 11.8. The molecule has 2 atom stereocenters. The molecule has 2 aliphatic heterocycles. The number of rotatable bonds is 3. The first kappa shape index (κ1) is 16.6. The molecule has 0 fully saturated rings. The molecule has 0 aromatic heterocycles. The normalized spacial score (nSPS) is 23.2. The molecular formula is C18H21FN2S. The fourth-order valence-electron chi connectivity index (χ4n) is 2.81. The lowest BCUT2D eigenvalue weighted by Crippen LogP contribution is -2.34. The van der Waals surface area contributed by atoms with E-state index in [4.69, 9.17) is 0 Å². The second kappa shape index (κ2) is 6.97. The molecule has 0 radical (unpaired) electrons. The highest BCUT2D eigenvalue weighted by atomic mass is 32.2. The summed E-state index contributed by atoms with van der Waals surface area (Å²) in [6, 6.07) is 5.06. The van der Waals surface area contributed by atoms with E-state index < -0.39 is 0 Å². The van der Waals surface area contributed by atoms with Crippen LogP contribution in [0.4, 0.5) is 4.39 Å². The van der Waals surface area contributed by atoms with E-state index in [1.165, 1.54) is 6.07 Å². The Balaban J connectivity index is 0.00000176. The van der Waals surface area contributed by atoms with Crippen LogP contribution in [0.1, 0.15) is 19.9 Å². The minimum atomic E-state index is -0.212. The Morgan fingerprint density at radius 3 is 3.05 bits per heavy atom. The van der Waals surface area contributed by atoms with E-state index in [1.54, 1.807) is 23.9 Å². The van der Waals surface area contributed by atoms with Gasteiger partial charge >= 0.3 is 0 Å². The van der Waals surface area contributed by atoms with Crippen LogP contribution < -0.4 is 5.43 Å². The summed E-state index contributed by atoms with van der Waals surface area (Å²) in [6.07, 6.45) is 7.88. The van der Waals surface area contributed by atoms with E-state index in [9.17, 15) is 4.39 Å². The highest BCUT2D eigenvalue weighted by Crippen LogP contribution is 2.38. The van der Waals surface area contributed by atoms with Gasteiger partial charge in [-0.2, -0.15) is 5.10 Å². The monoisotopic (exact) mass is 316 g/mol. The summed E-state index contributed by atoms with van der Waals surface area (Å²) in [7, 11) is 0. The third kappa shape index (κ3) is 2.88. The van der Waals surface area contributed by atoms with Crippen molar-refractivity contribution >= 4 is 17.5 Å². The number of hydrazone groups is 1. The maximum absolute atomic E-state index is 13.5. The topological polar surface area (TPSA) is 24.4 Å². The van der Waals surface area contributed by atoms with Crippen LogP contribution >= 0.6 is 11.8 Å². The molecule has 0 spiro atoms. The van der Waals surface area contributed by atoms with Crippen LogP contribution in [0.5, 0.6) is 0 Å². The number of hydrogen-bond donors (Lipinski definition) is 1. The van der Waals surface area contributed by atoms with E-state index in [0.717, 1.165) is 27.5 Å². The fraction of sp³-hybridized carbons (Fsp3) is 0.278. The average Bonchev–Trinajstić information content (AvgIpc) is 2.91. The first-order valence-corrected chi connectivity index (χ1v) is 7.94. The van der Waals surface area contributed by atoms with Gasteiger partial charge in [0.25, 0.3) is 0 Å². The van der Waals surface area contributed by atoms with Crippen molar-refractivity contribution in [3.05, 3.63) is 66.0 Å². The van der Waals surface area contributed by atoms with Crippen LogP contribution in [0.25, 0.3) is 0 Å². The summed E-state index contributed by atoms with van der Waals surface area (Å²) in [5.41, 5.74) is 6.25. The smallest absolute Gasteiger partial charge is 0.123 e. The fourth-order valence-corrected chi connectivity index (χ4v) is 4.00. The molecule has 1 aromatic carbocycles. The molecule has 1 N–H and O–H groups in total. The largest absolute Gasteiger partial charge is 0.302 e. The second-order valence-corrected chi connectivity index (χ2v) is 6.13. The maximum Gasteiger partial charge on any atom is 0.123 e. The van der Waals surface area contributed by atoms with Crippen LogP contribution in [-0.4, -0.2) is 17.5 Å². The van der Waals surface area contributed by atoms with Gasteiger partial charge in [0.05, 0.1) is 11.8 Å². The van der Waals surface area contributed by atoms with Crippen LogP contribution in [0.3, 0.4) is 0 Å². The lowest BCUT2D eigenvalue weighted by molar-refractivity contribution is 0.577. The molecule has 2 unspecified atom stereocenters. The van der Waals surface area contributed by atoms with Gasteiger partial charge < -0.3 is 5.43 Å². The third-order valence-electron chi connectivity index (χ3n) is 3.74. The Labute approximate surface area is 135 Å². The van der Waals surface area contributed by atoms with Gasteiger partial charge in [0.2, 0.25) is 0 Å². The number of fused-ring (bicyclic) bond motifs is 3. The number of benzene rings is 1. The molecule has 22 heavy (non-hydrogen) atoms. The molecule has 3 rings (SSSR count).